The lowest BCUT2D eigenvalue weighted by molar-refractivity contribution is -0.143. The van der Waals surface area contributed by atoms with Crippen LogP contribution in [-0.2, 0) is 14.4 Å². The highest BCUT2D eigenvalue weighted by Crippen LogP contribution is 2.71. The molecule has 7 nitrogen and oxygen atoms in total. The van der Waals surface area contributed by atoms with E-state index in [0.717, 1.165) is 12.8 Å². The van der Waals surface area contributed by atoms with Gasteiger partial charge in [-0.25, -0.2) is 0 Å². The summed E-state index contributed by atoms with van der Waals surface area (Å²) in [5.74, 6) is -1.52. The fourth-order valence-electron chi connectivity index (χ4n) is 6.55. The van der Waals surface area contributed by atoms with Gasteiger partial charge in [0.15, 0.2) is 0 Å². The van der Waals surface area contributed by atoms with Gasteiger partial charge in [0, 0.05) is 17.3 Å². The van der Waals surface area contributed by atoms with Crippen LogP contribution in [0.2, 0.25) is 0 Å². The summed E-state index contributed by atoms with van der Waals surface area (Å²) in [5.41, 5.74) is -0.424. The quantitative estimate of drug-likeness (QED) is 0.571. The second kappa shape index (κ2) is 7.65. The molecule has 0 saturated carbocycles. The maximum Gasteiger partial charge on any atom is 0.244 e. The molecule has 3 amide bonds. The molecule has 31 heavy (non-hydrogen) atoms. The molecule has 0 aromatic carbocycles. The van der Waals surface area contributed by atoms with Crippen molar-refractivity contribution in [2.24, 2.45) is 17.3 Å². The minimum atomic E-state index is -0.701. The van der Waals surface area contributed by atoms with E-state index in [1.165, 1.54) is 0 Å². The fraction of sp³-hybridized carbons (Fsp3) is 0.870. The zero-order valence-electron chi connectivity index (χ0n) is 20.2. The summed E-state index contributed by atoms with van der Waals surface area (Å²) in [6, 6.07) is -1.19. The SMILES string of the molecule is CNC(=O)[C@H]1[C@H]2C(=O)N([C@H](C)CO)C(C(=O)NC(C)(C)CC(C)(C)C)C23CC[C@]1(C)S3. The van der Waals surface area contributed by atoms with Gasteiger partial charge >= 0.3 is 0 Å². The smallest absolute Gasteiger partial charge is 0.244 e. The summed E-state index contributed by atoms with van der Waals surface area (Å²) in [5, 5.41) is 15.8. The lowest BCUT2D eigenvalue weighted by atomic mass is 9.66. The summed E-state index contributed by atoms with van der Waals surface area (Å²) in [6.45, 7) is 14.0. The average molecular weight is 454 g/mol. The highest BCUT2D eigenvalue weighted by molar-refractivity contribution is 8.02. The number of fused-ring (bicyclic) bond motifs is 1. The van der Waals surface area contributed by atoms with Crippen molar-refractivity contribution < 1.29 is 19.5 Å². The predicted molar refractivity (Wildman–Crippen MR) is 122 cm³/mol. The Morgan fingerprint density at radius 1 is 1.23 bits per heavy atom. The number of likely N-dealkylation sites (tertiary alicyclic amines) is 1. The molecule has 1 spiro atoms. The van der Waals surface area contributed by atoms with E-state index in [1.807, 2.05) is 13.8 Å². The van der Waals surface area contributed by atoms with E-state index in [-0.39, 0.29) is 34.5 Å². The van der Waals surface area contributed by atoms with Gasteiger partial charge in [-0.3, -0.25) is 14.4 Å². The Labute approximate surface area is 190 Å². The minimum Gasteiger partial charge on any atom is -0.394 e. The van der Waals surface area contributed by atoms with E-state index in [0.29, 0.717) is 6.42 Å². The van der Waals surface area contributed by atoms with Crippen LogP contribution in [0.15, 0.2) is 0 Å². The van der Waals surface area contributed by atoms with Crippen molar-refractivity contribution in [3.05, 3.63) is 0 Å². The van der Waals surface area contributed by atoms with Crippen molar-refractivity contribution in [2.45, 2.75) is 94.8 Å². The Bertz CT molecular complexity index is 779. The molecule has 2 unspecified atom stereocenters. The van der Waals surface area contributed by atoms with Gasteiger partial charge in [0.25, 0.3) is 0 Å². The Kier molecular flexibility index (Phi) is 6.01. The molecule has 3 N–H and O–H groups in total. The van der Waals surface area contributed by atoms with Crippen molar-refractivity contribution >= 4 is 29.5 Å². The minimum absolute atomic E-state index is 0.0273. The number of aliphatic hydroxyl groups is 1. The van der Waals surface area contributed by atoms with Crippen LogP contribution < -0.4 is 10.6 Å². The molecular weight excluding hydrogens is 414 g/mol. The number of thioether (sulfide) groups is 1. The zero-order valence-corrected chi connectivity index (χ0v) is 21.0. The molecule has 3 heterocycles. The number of hydrogen-bond acceptors (Lipinski definition) is 5. The Morgan fingerprint density at radius 2 is 1.84 bits per heavy atom. The van der Waals surface area contributed by atoms with Gasteiger partial charge in [-0.2, -0.15) is 0 Å². The molecule has 0 radical (unpaired) electrons. The second-order valence-corrected chi connectivity index (χ2v) is 13.6. The summed E-state index contributed by atoms with van der Waals surface area (Å²) in [4.78, 5) is 41.9. The third kappa shape index (κ3) is 3.88. The molecule has 6 atom stereocenters. The number of carbonyl (C=O) groups is 3. The van der Waals surface area contributed by atoms with Crippen LogP contribution in [0, 0.1) is 17.3 Å². The van der Waals surface area contributed by atoms with Gasteiger partial charge in [-0.05, 0) is 52.4 Å². The molecule has 0 aromatic rings. The van der Waals surface area contributed by atoms with Crippen molar-refractivity contribution in [3.8, 4) is 0 Å². The lowest BCUT2D eigenvalue weighted by Gasteiger charge is -2.39. The molecule has 3 aliphatic rings. The molecule has 8 heteroatoms. The maximum atomic E-state index is 13.8. The van der Waals surface area contributed by atoms with Crippen molar-refractivity contribution in [2.75, 3.05) is 13.7 Å². The van der Waals surface area contributed by atoms with Crippen molar-refractivity contribution in [1.82, 2.24) is 15.5 Å². The van der Waals surface area contributed by atoms with E-state index in [4.69, 9.17) is 0 Å². The number of nitrogens with zero attached hydrogens (tertiary/aromatic N) is 1. The Balaban J connectivity index is 2.02. The lowest BCUT2D eigenvalue weighted by Crippen LogP contribution is -2.59. The van der Waals surface area contributed by atoms with Gasteiger partial charge in [0.05, 0.1) is 29.2 Å². The largest absolute Gasteiger partial charge is 0.394 e. The number of hydrogen-bond donors (Lipinski definition) is 3. The average Bonchev–Trinajstić information content (AvgIpc) is 3.18. The van der Waals surface area contributed by atoms with Crippen LogP contribution in [0.1, 0.15) is 67.7 Å². The van der Waals surface area contributed by atoms with Crippen LogP contribution in [-0.4, -0.2) is 68.5 Å². The van der Waals surface area contributed by atoms with E-state index < -0.39 is 34.2 Å². The first-order valence-corrected chi connectivity index (χ1v) is 12.1. The first-order chi connectivity index (χ1) is 14.1. The zero-order chi connectivity index (χ0) is 23.6. The topological polar surface area (TPSA) is 98.7 Å². The first-order valence-electron chi connectivity index (χ1n) is 11.3. The van der Waals surface area contributed by atoms with Crippen molar-refractivity contribution in [1.29, 1.82) is 0 Å². The maximum absolute atomic E-state index is 13.8. The van der Waals surface area contributed by atoms with Crippen LogP contribution >= 0.6 is 11.8 Å². The van der Waals surface area contributed by atoms with E-state index in [1.54, 1.807) is 30.6 Å². The van der Waals surface area contributed by atoms with Gasteiger partial charge in [0.2, 0.25) is 17.7 Å². The number of rotatable bonds is 6. The second-order valence-electron chi connectivity index (χ2n) is 11.7. The molecule has 2 bridgehead atoms. The third-order valence-electron chi connectivity index (χ3n) is 7.16. The molecule has 3 fully saturated rings. The molecule has 3 aliphatic heterocycles. The van der Waals surface area contributed by atoms with Gasteiger partial charge in [-0.1, -0.05) is 20.8 Å². The number of aliphatic hydroxyl groups excluding tert-OH is 1. The monoisotopic (exact) mass is 453 g/mol. The van der Waals surface area contributed by atoms with E-state index in [9.17, 15) is 19.5 Å². The van der Waals surface area contributed by atoms with Crippen LogP contribution in [0.5, 0.6) is 0 Å². The van der Waals surface area contributed by atoms with E-state index >= 15 is 0 Å². The van der Waals surface area contributed by atoms with Crippen LogP contribution in [0.4, 0.5) is 0 Å². The number of carbonyl (C=O) groups excluding carboxylic acids is 3. The van der Waals surface area contributed by atoms with Crippen LogP contribution in [0.3, 0.4) is 0 Å². The first kappa shape index (κ1) is 24.4. The fourth-order valence-corrected chi connectivity index (χ4v) is 8.90. The predicted octanol–water partition coefficient (Wildman–Crippen LogP) is 1.93. The molecule has 3 saturated heterocycles. The molecule has 176 valence electrons. The highest BCUT2D eigenvalue weighted by atomic mass is 32.2. The highest BCUT2D eigenvalue weighted by Gasteiger charge is 2.77. The standard InChI is InChI=1S/C23H39N3O4S/c1-13(11-27)26-16(18(29)25-21(5,6)12-20(2,3)4)23-10-9-22(7,31-23)14(17(28)24-8)15(23)19(26)30/h13-16,27H,9-12H2,1-8H3,(H,24,28)(H,25,29)/t13-,14-,15+,16?,22+,23?/m1/s1. The van der Waals surface area contributed by atoms with Crippen molar-refractivity contribution in [3.63, 3.8) is 0 Å². The Morgan fingerprint density at radius 3 is 2.35 bits per heavy atom. The Hall–Kier alpha value is -1.28. The summed E-state index contributed by atoms with van der Waals surface area (Å²) in [7, 11) is 1.60. The van der Waals surface area contributed by atoms with Gasteiger partial charge in [-0.15, -0.1) is 11.8 Å². The number of nitrogens with one attached hydrogen (secondary N) is 2. The normalized spacial score (nSPS) is 35.8. The summed E-state index contributed by atoms with van der Waals surface area (Å²) in [6.07, 6.45) is 2.28. The number of amides is 3. The van der Waals surface area contributed by atoms with Gasteiger partial charge in [0.1, 0.15) is 6.04 Å². The summed E-state index contributed by atoms with van der Waals surface area (Å²) >= 11 is 1.65. The molecular formula is C23H39N3O4S. The molecule has 3 rings (SSSR count). The van der Waals surface area contributed by atoms with E-state index in [2.05, 4.69) is 38.3 Å². The van der Waals surface area contributed by atoms with Gasteiger partial charge < -0.3 is 20.6 Å². The third-order valence-corrected chi connectivity index (χ3v) is 9.15. The molecule has 0 aliphatic carbocycles. The molecule has 0 aromatic heterocycles. The summed E-state index contributed by atoms with van der Waals surface area (Å²) < 4.78 is -1.01. The van der Waals surface area contributed by atoms with Crippen LogP contribution in [0.25, 0.3) is 0 Å².